The second-order valence-corrected chi connectivity index (χ2v) is 5.30. The molecule has 2 aromatic rings. The van der Waals surface area contributed by atoms with Gasteiger partial charge in [0, 0.05) is 12.6 Å². The second-order valence-electron chi connectivity index (χ2n) is 4.52. The predicted molar refractivity (Wildman–Crippen MR) is 82.6 cm³/mol. The summed E-state index contributed by atoms with van der Waals surface area (Å²) in [6.45, 7) is 0.633. The van der Waals surface area contributed by atoms with E-state index in [-0.39, 0.29) is 25.5 Å². The molecule has 118 valence electrons. The molecule has 3 N–H and O–H groups in total. The van der Waals surface area contributed by atoms with Crippen LogP contribution in [0.5, 0.6) is 5.75 Å². The monoisotopic (exact) mass is 324 g/mol. The van der Waals surface area contributed by atoms with Gasteiger partial charge >= 0.3 is 6.03 Å². The number of ether oxygens (including phenoxy) is 1. The predicted octanol–water partition coefficient (Wildman–Crippen LogP) is 2.30. The highest BCUT2D eigenvalue weighted by atomic mass is 32.1. The molecule has 0 saturated heterocycles. The SMILES string of the molecule is O=C(NCCOc1cccc(F)c1)NCC(O)c1ccsc1. The second kappa shape index (κ2) is 8.35. The molecule has 7 heteroatoms. The maximum atomic E-state index is 12.9. The summed E-state index contributed by atoms with van der Waals surface area (Å²) in [5.74, 6) is 0.0423. The third-order valence-electron chi connectivity index (χ3n) is 2.84. The third-order valence-corrected chi connectivity index (χ3v) is 3.54. The van der Waals surface area contributed by atoms with Crippen LogP contribution in [0, 0.1) is 5.82 Å². The lowest BCUT2D eigenvalue weighted by atomic mass is 10.2. The number of aliphatic hydroxyl groups excluding tert-OH is 1. The molecule has 0 aliphatic rings. The van der Waals surface area contributed by atoms with E-state index < -0.39 is 12.1 Å². The molecule has 0 bridgehead atoms. The fraction of sp³-hybridized carbons (Fsp3) is 0.267. The zero-order valence-corrected chi connectivity index (χ0v) is 12.6. The summed E-state index contributed by atoms with van der Waals surface area (Å²) in [5, 5.41) is 18.7. The lowest BCUT2D eigenvalue weighted by molar-refractivity contribution is 0.173. The number of hydrogen-bond acceptors (Lipinski definition) is 4. The topological polar surface area (TPSA) is 70.6 Å². The van der Waals surface area contributed by atoms with E-state index in [2.05, 4.69) is 10.6 Å². The zero-order chi connectivity index (χ0) is 15.8. The van der Waals surface area contributed by atoms with E-state index in [4.69, 9.17) is 4.74 Å². The van der Waals surface area contributed by atoms with Gasteiger partial charge in [-0.1, -0.05) is 6.07 Å². The fourth-order valence-electron chi connectivity index (χ4n) is 1.72. The number of rotatable bonds is 7. The molecule has 0 fully saturated rings. The molecule has 22 heavy (non-hydrogen) atoms. The Morgan fingerprint density at radius 3 is 2.95 bits per heavy atom. The summed E-state index contributed by atoms with van der Waals surface area (Å²) < 4.78 is 18.2. The summed E-state index contributed by atoms with van der Waals surface area (Å²) in [7, 11) is 0. The first-order chi connectivity index (χ1) is 10.6. The Kier molecular flexibility index (Phi) is 6.17. The number of hydrogen-bond donors (Lipinski definition) is 3. The number of nitrogens with one attached hydrogen (secondary N) is 2. The Morgan fingerprint density at radius 2 is 2.23 bits per heavy atom. The number of amides is 2. The van der Waals surface area contributed by atoms with Crippen molar-refractivity contribution in [3.63, 3.8) is 0 Å². The zero-order valence-electron chi connectivity index (χ0n) is 11.8. The average molecular weight is 324 g/mol. The van der Waals surface area contributed by atoms with Gasteiger partial charge in [0.05, 0.1) is 12.6 Å². The number of thiophene rings is 1. The first kappa shape index (κ1) is 16.3. The lowest BCUT2D eigenvalue weighted by Crippen LogP contribution is -2.39. The van der Waals surface area contributed by atoms with E-state index in [1.807, 2.05) is 16.8 Å². The van der Waals surface area contributed by atoms with Crippen molar-refractivity contribution in [2.24, 2.45) is 0 Å². The molecule has 1 unspecified atom stereocenters. The van der Waals surface area contributed by atoms with Crippen LogP contribution >= 0.6 is 11.3 Å². The molecule has 2 amide bonds. The first-order valence-corrected chi connectivity index (χ1v) is 7.69. The number of carbonyl (C=O) groups is 1. The van der Waals surface area contributed by atoms with Gasteiger partial charge in [-0.05, 0) is 34.5 Å². The van der Waals surface area contributed by atoms with E-state index in [0.29, 0.717) is 5.75 Å². The number of carbonyl (C=O) groups excluding carboxylic acids is 1. The molecule has 0 aliphatic carbocycles. The maximum absolute atomic E-state index is 12.9. The smallest absolute Gasteiger partial charge is 0.315 e. The van der Waals surface area contributed by atoms with Crippen molar-refractivity contribution in [3.8, 4) is 5.75 Å². The number of aliphatic hydroxyl groups is 1. The van der Waals surface area contributed by atoms with Gasteiger partial charge in [-0.3, -0.25) is 0 Å². The van der Waals surface area contributed by atoms with Crippen molar-refractivity contribution in [1.82, 2.24) is 10.6 Å². The molecule has 1 aromatic heterocycles. The fourth-order valence-corrected chi connectivity index (χ4v) is 2.43. The molecule has 5 nitrogen and oxygen atoms in total. The Labute approximate surface area is 131 Å². The summed E-state index contributed by atoms with van der Waals surface area (Å²) in [4.78, 5) is 11.5. The van der Waals surface area contributed by atoms with Crippen LogP contribution in [0.3, 0.4) is 0 Å². The van der Waals surface area contributed by atoms with Crippen molar-refractivity contribution in [2.45, 2.75) is 6.10 Å². The van der Waals surface area contributed by atoms with Crippen LogP contribution in [0.1, 0.15) is 11.7 Å². The van der Waals surface area contributed by atoms with Crippen LogP contribution in [-0.4, -0.2) is 30.8 Å². The Bertz CT molecular complexity index is 592. The van der Waals surface area contributed by atoms with E-state index in [9.17, 15) is 14.3 Å². The Morgan fingerprint density at radius 1 is 1.36 bits per heavy atom. The first-order valence-electron chi connectivity index (χ1n) is 6.75. The van der Waals surface area contributed by atoms with Crippen LogP contribution in [0.2, 0.25) is 0 Å². The normalized spacial score (nSPS) is 11.7. The van der Waals surface area contributed by atoms with E-state index in [0.717, 1.165) is 5.56 Å². The van der Waals surface area contributed by atoms with Gasteiger partial charge in [0.2, 0.25) is 0 Å². The maximum Gasteiger partial charge on any atom is 0.315 e. The molecule has 2 rings (SSSR count). The molecular formula is C15H17FN2O3S. The number of halogens is 1. The van der Waals surface area contributed by atoms with Gasteiger partial charge in [-0.15, -0.1) is 0 Å². The Balaban J connectivity index is 1.60. The largest absolute Gasteiger partial charge is 0.492 e. The highest BCUT2D eigenvalue weighted by Gasteiger charge is 2.09. The standard InChI is InChI=1S/C15H17FN2O3S/c16-12-2-1-3-13(8-12)21-6-5-17-15(20)18-9-14(19)11-4-7-22-10-11/h1-4,7-8,10,14,19H,5-6,9H2,(H2,17,18,20). The molecule has 1 heterocycles. The molecule has 0 spiro atoms. The summed E-state index contributed by atoms with van der Waals surface area (Å²) in [6, 6.07) is 7.21. The highest BCUT2D eigenvalue weighted by molar-refractivity contribution is 7.07. The average Bonchev–Trinajstić information content (AvgIpc) is 3.04. The van der Waals surface area contributed by atoms with Gasteiger partial charge in [-0.25, -0.2) is 9.18 Å². The van der Waals surface area contributed by atoms with Crippen LogP contribution in [0.4, 0.5) is 9.18 Å². The summed E-state index contributed by atoms with van der Waals surface area (Å²) >= 11 is 1.49. The van der Waals surface area contributed by atoms with Gasteiger partial charge in [0.25, 0.3) is 0 Å². The van der Waals surface area contributed by atoms with Gasteiger partial charge in [-0.2, -0.15) is 11.3 Å². The van der Waals surface area contributed by atoms with Crippen molar-refractivity contribution in [1.29, 1.82) is 0 Å². The summed E-state index contributed by atoms with van der Waals surface area (Å²) in [6.07, 6.45) is -0.722. The van der Waals surface area contributed by atoms with Crippen molar-refractivity contribution >= 4 is 17.4 Å². The van der Waals surface area contributed by atoms with Gasteiger partial charge in [0.1, 0.15) is 18.2 Å². The van der Waals surface area contributed by atoms with Crippen molar-refractivity contribution in [3.05, 3.63) is 52.5 Å². The van der Waals surface area contributed by atoms with Gasteiger partial charge < -0.3 is 20.5 Å². The van der Waals surface area contributed by atoms with Crippen LogP contribution in [-0.2, 0) is 0 Å². The summed E-state index contributed by atoms with van der Waals surface area (Å²) in [5.41, 5.74) is 0.778. The number of benzene rings is 1. The quantitative estimate of drug-likeness (QED) is 0.685. The molecule has 0 radical (unpaired) electrons. The van der Waals surface area contributed by atoms with Crippen molar-refractivity contribution in [2.75, 3.05) is 19.7 Å². The van der Waals surface area contributed by atoms with E-state index in [1.54, 1.807) is 12.1 Å². The molecular weight excluding hydrogens is 307 g/mol. The van der Waals surface area contributed by atoms with Crippen LogP contribution < -0.4 is 15.4 Å². The minimum absolute atomic E-state index is 0.132. The van der Waals surface area contributed by atoms with E-state index in [1.165, 1.54) is 23.5 Å². The highest BCUT2D eigenvalue weighted by Crippen LogP contribution is 2.15. The number of urea groups is 1. The molecule has 1 atom stereocenters. The minimum Gasteiger partial charge on any atom is -0.492 e. The lowest BCUT2D eigenvalue weighted by Gasteiger charge is -2.12. The molecule has 1 aromatic carbocycles. The van der Waals surface area contributed by atoms with Crippen LogP contribution in [0.15, 0.2) is 41.1 Å². The van der Waals surface area contributed by atoms with E-state index >= 15 is 0 Å². The van der Waals surface area contributed by atoms with Gasteiger partial charge in [0.15, 0.2) is 0 Å². The molecule has 0 aliphatic heterocycles. The Hall–Kier alpha value is -2.12. The minimum atomic E-state index is -0.722. The molecule has 0 saturated carbocycles. The third kappa shape index (κ3) is 5.34. The van der Waals surface area contributed by atoms with Crippen molar-refractivity contribution < 1.29 is 19.0 Å². The van der Waals surface area contributed by atoms with Crippen LogP contribution in [0.25, 0.3) is 0 Å².